The number of benzene rings is 1. The van der Waals surface area contributed by atoms with Gasteiger partial charge in [-0.1, -0.05) is 18.2 Å². The Morgan fingerprint density at radius 2 is 1.75 bits per heavy atom. The Balaban J connectivity index is 2.49. The van der Waals surface area contributed by atoms with Crippen LogP contribution in [0.25, 0.3) is 0 Å². The number of rotatable bonds is 5. The third kappa shape index (κ3) is 4.23. The summed E-state index contributed by atoms with van der Waals surface area (Å²) in [6.45, 7) is 4.41. The highest BCUT2D eigenvalue weighted by Crippen LogP contribution is 2.22. The van der Waals surface area contributed by atoms with Crippen molar-refractivity contribution >= 4 is 9.84 Å². The molecule has 0 atom stereocenters. The van der Waals surface area contributed by atoms with Gasteiger partial charge in [0.25, 0.3) is 0 Å². The Labute approximate surface area is 97.4 Å². The fourth-order valence-corrected chi connectivity index (χ4v) is 2.16. The van der Waals surface area contributed by atoms with Gasteiger partial charge >= 0.3 is 0 Å². The van der Waals surface area contributed by atoms with E-state index >= 15 is 0 Å². The lowest BCUT2D eigenvalue weighted by molar-refractivity contribution is 0.313. The Morgan fingerprint density at radius 1 is 1.19 bits per heavy atom. The summed E-state index contributed by atoms with van der Waals surface area (Å²) >= 11 is 0. The maximum absolute atomic E-state index is 10.9. The number of sulfone groups is 1. The third-order valence-corrected chi connectivity index (χ3v) is 3.34. The quantitative estimate of drug-likeness (QED) is 0.743. The molecule has 0 radical (unpaired) electrons. The van der Waals surface area contributed by atoms with E-state index in [1.165, 1.54) is 6.26 Å². The average Bonchev–Trinajstić information content (AvgIpc) is 2.14. The van der Waals surface area contributed by atoms with Gasteiger partial charge < -0.3 is 4.74 Å². The standard InChI is InChI=1S/C12H18O3S/c1-10-6-4-7-11(2)12(10)15-8-5-9-16(3,13)14/h4,6-7H,5,8-9H2,1-3H3. The van der Waals surface area contributed by atoms with Gasteiger partial charge in [-0.3, -0.25) is 0 Å². The molecule has 0 unspecified atom stereocenters. The summed E-state index contributed by atoms with van der Waals surface area (Å²) < 4.78 is 27.4. The lowest BCUT2D eigenvalue weighted by Crippen LogP contribution is -2.08. The third-order valence-electron chi connectivity index (χ3n) is 2.31. The molecule has 0 spiro atoms. The van der Waals surface area contributed by atoms with Crippen LogP contribution >= 0.6 is 0 Å². The number of hydrogen-bond acceptors (Lipinski definition) is 3. The fraction of sp³-hybridized carbons (Fsp3) is 0.500. The summed E-state index contributed by atoms with van der Waals surface area (Å²) in [5.41, 5.74) is 2.17. The summed E-state index contributed by atoms with van der Waals surface area (Å²) in [6.07, 6.45) is 1.78. The fourth-order valence-electron chi connectivity index (χ4n) is 1.52. The predicted molar refractivity (Wildman–Crippen MR) is 65.7 cm³/mol. The van der Waals surface area contributed by atoms with Gasteiger partial charge in [-0.05, 0) is 31.4 Å². The monoisotopic (exact) mass is 242 g/mol. The lowest BCUT2D eigenvalue weighted by atomic mass is 10.1. The number of hydrogen-bond donors (Lipinski definition) is 0. The molecule has 0 saturated heterocycles. The van der Waals surface area contributed by atoms with Crippen LogP contribution in [0.1, 0.15) is 17.5 Å². The van der Waals surface area contributed by atoms with Crippen molar-refractivity contribution in [3.8, 4) is 5.75 Å². The second kappa shape index (κ2) is 5.34. The van der Waals surface area contributed by atoms with Crippen LogP contribution in [0.2, 0.25) is 0 Å². The van der Waals surface area contributed by atoms with E-state index in [-0.39, 0.29) is 5.75 Å². The number of ether oxygens (including phenoxy) is 1. The topological polar surface area (TPSA) is 43.4 Å². The average molecular weight is 242 g/mol. The Bertz CT molecular complexity index is 429. The largest absolute Gasteiger partial charge is 0.493 e. The van der Waals surface area contributed by atoms with Crippen molar-refractivity contribution in [2.45, 2.75) is 20.3 Å². The van der Waals surface area contributed by atoms with Crippen LogP contribution < -0.4 is 4.74 Å². The zero-order chi connectivity index (χ0) is 12.2. The smallest absolute Gasteiger partial charge is 0.147 e. The molecule has 0 aromatic heterocycles. The van der Waals surface area contributed by atoms with Gasteiger partial charge in [0.2, 0.25) is 0 Å². The van der Waals surface area contributed by atoms with E-state index in [1.54, 1.807) is 0 Å². The first kappa shape index (κ1) is 13.0. The Hall–Kier alpha value is -1.03. The van der Waals surface area contributed by atoms with Crippen molar-refractivity contribution in [1.29, 1.82) is 0 Å². The lowest BCUT2D eigenvalue weighted by Gasteiger charge is -2.11. The molecule has 0 N–H and O–H groups in total. The van der Waals surface area contributed by atoms with Crippen LogP contribution in [0.3, 0.4) is 0 Å². The maximum atomic E-state index is 10.9. The minimum atomic E-state index is -2.88. The zero-order valence-corrected chi connectivity index (χ0v) is 10.8. The van der Waals surface area contributed by atoms with E-state index in [0.29, 0.717) is 13.0 Å². The number of para-hydroxylation sites is 1. The van der Waals surface area contributed by atoms with Crippen molar-refractivity contribution < 1.29 is 13.2 Å². The van der Waals surface area contributed by atoms with Gasteiger partial charge in [0.05, 0.1) is 12.4 Å². The Kier molecular flexibility index (Phi) is 4.35. The van der Waals surface area contributed by atoms with E-state index in [2.05, 4.69) is 0 Å². The van der Waals surface area contributed by atoms with Crippen molar-refractivity contribution in [1.82, 2.24) is 0 Å². The van der Waals surface area contributed by atoms with Crippen LogP contribution in [0.4, 0.5) is 0 Å². The highest BCUT2D eigenvalue weighted by Gasteiger charge is 2.05. The molecule has 0 amide bonds. The van der Waals surface area contributed by atoms with Gasteiger partial charge in [-0.25, -0.2) is 8.42 Å². The Morgan fingerprint density at radius 3 is 2.25 bits per heavy atom. The van der Waals surface area contributed by atoms with E-state index in [0.717, 1.165) is 16.9 Å². The van der Waals surface area contributed by atoms with E-state index in [1.807, 2.05) is 32.0 Å². The summed E-state index contributed by atoms with van der Waals surface area (Å²) in [5.74, 6) is 1.05. The second-order valence-electron chi connectivity index (χ2n) is 4.05. The van der Waals surface area contributed by atoms with Crippen molar-refractivity contribution in [2.75, 3.05) is 18.6 Å². The molecule has 0 saturated carbocycles. The van der Waals surface area contributed by atoms with Crippen LogP contribution in [0, 0.1) is 13.8 Å². The molecule has 1 aromatic rings. The second-order valence-corrected chi connectivity index (χ2v) is 6.31. The predicted octanol–water partition coefficient (Wildman–Crippen LogP) is 2.12. The van der Waals surface area contributed by atoms with Gasteiger partial charge in [-0.2, -0.15) is 0 Å². The molecule has 0 aliphatic heterocycles. The van der Waals surface area contributed by atoms with E-state index < -0.39 is 9.84 Å². The molecule has 16 heavy (non-hydrogen) atoms. The molecule has 4 heteroatoms. The molecule has 1 rings (SSSR count). The normalized spacial score (nSPS) is 11.4. The SMILES string of the molecule is Cc1cccc(C)c1OCCCS(C)(=O)=O. The highest BCUT2D eigenvalue weighted by molar-refractivity contribution is 7.90. The summed E-state index contributed by atoms with van der Waals surface area (Å²) in [6, 6.07) is 5.95. The van der Waals surface area contributed by atoms with E-state index in [9.17, 15) is 8.42 Å². The molecular formula is C12H18O3S. The van der Waals surface area contributed by atoms with Gasteiger partial charge in [0.1, 0.15) is 15.6 Å². The summed E-state index contributed by atoms with van der Waals surface area (Å²) in [4.78, 5) is 0. The van der Waals surface area contributed by atoms with Crippen LogP contribution in [0.5, 0.6) is 5.75 Å². The minimum absolute atomic E-state index is 0.179. The molecule has 90 valence electrons. The molecule has 3 nitrogen and oxygen atoms in total. The van der Waals surface area contributed by atoms with Crippen molar-refractivity contribution in [3.63, 3.8) is 0 Å². The van der Waals surface area contributed by atoms with Crippen molar-refractivity contribution in [2.24, 2.45) is 0 Å². The minimum Gasteiger partial charge on any atom is -0.493 e. The first-order valence-electron chi connectivity index (χ1n) is 5.27. The number of aryl methyl sites for hydroxylation is 2. The van der Waals surface area contributed by atoms with Crippen LogP contribution in [-0.2, 0) is 9.84 Å². The van der Waals surface area contributed by atoms with E-state index in [4.69, 9.17) is 4.74 Å². The van der Waals surface area contributed by atoms with Gasteiger partial charge in [0.15, 0.2) is 0 Å². The van der Waals surface area contributed by atoms with Crippen LogP contribution in [0.15, 0.2) is 18.2 Å². The maximum Gasteiger partial charge on any atom is 0.147 e. The molecule has 0 fully saturated rings. The zero-order valence-electron chi connectivity index (χ0n) is 9.99. The molecule has 0 aliphatic carbocycles. The first-order valence-corrected chi connectivity index (χ1v) is 7.33. The first-order chi connectivity index (χ1) is 7.40. The van der Waals surface area contributed by atoms with Gasteiger partial charge in [-0.15, -0.1) is 0 Å². The molecule has 0 bridgehead atoms. The molecule has 1 aromatic carbocycles. The molecule has 0 heterocycles. The van der Waals surface area contributed by atoms with Crippen LogP contribution in [-0.4, -0.2) is 27.0 Å². The summed E-state index contributed by atoms with van der Waals surface area (Å²) in [5, 5.41) is 0. The van der Waals surface area contributed by atoms with Crippen molar-refractivity contribution in [3.05, 3.63) is 29.3 Å². The molecule has 0 aliphatic rings. The van der Waals surface area contributed by atoms with Gasteiger partial charge in [0, 0.05) is 6.26 Å². The highest BCUT2D eigenvalue weighted by atomic mass is 32.2. The molecular weight excluding hydrogens is 224 g/mol. The summed E-state index contributed by atoms with van der Waals surface area (Å²) in [7, 11) is -2.88.